The summed E-state index contributed by atoms with van der Waals surface area (Å²) in [5, 5.41) is 9.37. The molecule has 0 spiro atoms. The second-order valence-electron chi connectivity index (χ2n) is 8.18. The van der Waals surface area contributed by atoms with Gasteiger partial charge in [0.15, 0.2) is 16.9 Å². The maximum absolute atomic E-state index is 12.4. The third kappa shape index (κ3) is 3.00. The number of aromatic carboxylic acids is 1. The van der Waals surface area contributed by atoms with Crippen molar-refractivity contribution in [2.24, 2.45) is 5.41 Å². The first kappa shape index (κ1) is 19.5. The van der Waals surface area contributed by atoms with Crippen LogP contribution in [0.5, 0.6) is 11.5 Å². The molecule has 7 nitrogen and oxygen atoms in total. The number of fused-ring (bicyclic) bond motifs is 6. The number of ether oxygens (including phenoxy) is 3. The number of hydrogen-bond acceptors (Lipinski definition) is 5. The molecule has 2 aliphatic rings. The number of methoxy groups -OCH3 is 2. The number of benzene rings is 1. The molecule has 1 aliphatic heterocycles. The van der Waals surface area contributed by atoms with E-state index >= 15 is 0 Å². The Balaban J connectivity index is 1.84. The van der Waals surface area contributed by atoms with Crippen LogP contribution in [0, 0.1) is 5.41 Å². The van der Waals surface area contributed by atoms with E-state index in [1.54, 1.807) is 14.2 Å². The Hall–Kier alpha value is -2.80. The van der Waals surface area contributed by atoms with Gasteiger partial charge >= 0.3 is 5.97 Å². The minimum atomic E-state index is -1.21. The predicted octanol–water partition coefficient (Wildman–Crippen LogP) is 3.32. The fourth-order valence-electron chi connectivity index (χ4n) is 4.57. The van der Waals surface area contributed by atoms with Gasteiger partial charge in [0, 0.05) is 49.9 Å². The fraction of sp³-hybridized carbons (Fsp3) is 0.455. The van der Waals surface area contributed by atoms with Gasteiger partial charge in [-0.3, -0.25) is 4.79 Å². The van der Waals surface area contributed by atoms with Gasteiger partial charge in [-0.25, -0.2) is 4.79 Å². The molecule has 2 atom stereocenters. The van der Waals surface area contributed by atoms with Crippen LogP contribution in [0.4, 0.5) is 0 Å². The van der Waals surface area contributed by atoms with Crippen molar-refractivity contribution in [3.05, 3.63) is 45.7 Å². The van der Waals surface area contributed by atoms with Gasteiger partial charge in [-0.1, -0.05) is 13.8 Å². The lowest BCUT2D eigenvalue weighted by molar-refractivity contribution is 0.0694. The van der Waals surface area contributed by atoms with Gasteiger partial charge in [0.05, 0.1) is 19.4 Å². The van der Waals surface area contributed by atoms with Gasteiger partial charge in [-0.2, -0.15) is 0 Å². The molecule has 1 saturated carbocycles. The Morgan fingerprint density at radius 1 is 1.17 bits per heavy atom. The molecule has 0 amide bonds. The second-order valence-corrected chi connectivity index (χ2v) is 8.18. The van der Waals surface area contributed by atoms with Crippen molar-refractivity contribution >= 4 is 5.97 Å². The first-order valence-electron chi connectivity index (χ1n) is 9.64. The topological polar surface area (TPSA) is 87.0 Å². The van der Waals surface area contributed by atoms with Crippen LogP contribution < -0.4 is 14.9 Å². The standard InChI is InChI=1S/C22H25NO6/c1-22(2)19-13-9-18(29-7-5-6-27-3)17(28-4)8-12(13)15-10-16(24)14(21(25)26)11-23(15)20(19)22/h8-11,19-20H,5-7H2,1-4H3,(H,25,26)/t19-,20+/m1/s1. The minimum Gasteiger partial charge on any atom is -0.493 e. The van der Waals surface area contributed by atoms with Crippen LogP contribution in [0.25, 0.3) is 11.3 Å². The van der Waals surface area contributed by atoms with E-state index in [1.165, 1.54) is 12.3 Å². The summed E-state index contributed by atoms with van der Waals surface area (Å²) in [6.07, 6.45) is 2.25. The van der Waals surface area contributed by atoms with E-state index < -0.39 is 11.4 Å². The number of carboxylic acid groups (broad SMARTS) is 1. The van der Waals surface area contributed by atoms with E-state index in [1.807, 2.05) is 16.7 Å². The molecule has 2 heterocycles. The first-order chi connectivity index (χ1) is 13.8. The highest BCUT2D eigenvalue weighted by Gasteiger charge is 2.62. The van der Waals surface area contributed by atoms with Crippen LogP contribution in [-0.2, 0) is 4.74 Å². The van der Waals surface area contributed by atoms with Gasteiger partial charge in [-0.05, 0) is 23.1 Å². The third-order valence-electron chi connectivity index (χ3n) is 6.08. The quantitative estimate of drug-likeness (QED) is 0.719. The van der Waals surface area contributed by atoms with Crippen molar-refractivity contribution in [3.63, 3.8) is 0 Å². The summed E-state index contributed by atoms with van der Waals surface area (Å²) in [6.45, 7) is 5.44. The van der Waals surface area contributed by atoms with Crippen molar-refractivity contribution in [1.29, 1.82) is 0 Å². The number of aromatic nitrogens is 1. The number of pyridine rings is 1. The lowest BCUT2D eigenvalue weighted by atomic mass is 9.93. The van der Waals surface area contributed by atoms with Crippen LogP contribution in [0.2, 0.25) is 0 Å². The molecule has 0 saturated heterocycles. The van der Waals surface area contributed by atoms with Crippen molar-refractivity contribution in [2.45, 2.75) is 32.2 Å². The Bertz CT molecular complexity index is 1040. The maximum atomic E-state index is 12.4. The maximum Gasteiger partial charge on any atom is 0.341 e. The molecule has 1 aliphatic carbocycles. The summed E-state index contributed by atoms with van der Waals surface area (Å²) in [5.41, 5.74) is 1.93. The zero-order chi connectivity index (χ0) is 20.9. The summed E-state index contributed by atoms with van der Waals surface area (Å²) in [7, 11) is 3.24. The number of carboxylic acids is 1. The Labute approximate surface area is 168 Å². The molecule has 2 aromatic rings. The monoisotopic (exact) mass is 399 g/mol. The number of carbonyl (C=O) groups is 1. The van der Waals surface area contributed by atoms with Crippen molar-refractivity contribution in [2.75, 3.05) is 27.4 Å². The molecule has 154 valence electrons. The molecule has 0 radical (unpaired) electrons. The average molecular weight is 399 g/mol. The third-order valence-corrected chi connectivity index (χ3v) is 6.08. The predicted molar refractivity (Wildman–Crippen MR) is 107 cm³/mol. The molecule has 1 aromatic heterocycles. The van der Waals surface area contributed by atoms with E-state index in [0.717, 1.165) is 17.5 Å². The van der Waals surface area contributed by atoms with Crippen LogP contribution in [-0.4, -0.2) is 43.1 Å². The molecule has 1 aromatic carbocycles. The van der Waals surface area contributed by atoms with E-state index in [9.17, 15) is 14.7 Å². The number of rotatable bonds is 7. The van der Waals surface area contributed by atoms with Gasteiger partial charge in [0.25, 0.3) is 0 Å². The van der Waals surface area contributed by atoms with E-state index in [4.69, 9.17) is 14.2 Å². The van der Waals surface area contributed by atoms with Gasteiger partial charge in [0.2, 0.25) is 0 Å². The lowest BCUT2D eigenvalue weighted by Gasteiger charge is -2.24. The highest BCUT2D eigenvalue weighted by atomic mass is 16.5. The molecule has 7 heteroatoms. The molecule has 1 fully saturated rings. The molecule has 0 bridgehead atoms. The molecule has 0 unspecified atom stereocenters. The highest BCUT2D eigenvalue weighted by molar-refractivity contribution is 5.88. The zero-order valence-electron chi connectivity index (χ0n) is 17.0. The average Bonchev–Trinajstić information content (AvgIpc) is 3.26. The summed E-state index contributed by atoms with van der Waals surface area (Å²) in [6, 6.07) is 5.41. The van der Waals surface area contributed by atoms with Gasteiger partial charge in [-0.15, -0.1) is 0 Å². The summed E-state index contributed by atoms with van der Waals surface area (Å²) in [5.74, 6) is 0.256. The van der Waals surface area contributed by atoms with Crippen molar-refractivity contribution in [1.82, 2.24) is 4.57 Å². The van der Waals surface area contributed by atoms with Crippen LogP contribution in [0.15, 0.2) is 29.2 Å². The SMILES string of the molecule is COCCCOc1cc2c(cc1OC)-c1cc(=O)c(C(=O)O)cn1[C@H]1[C@@H]2C1(C)C. The Morgan fingerprint density at radius 2 is 1.93 bits per heavy atom. The summed E-state index contributed by atoms with van der Waals surface area (Å²) < 4.78 is 18.5. The Morgan fingerprint density at radius 3 is 2.59 bits per heavy atom. The van der Waals surface area contributed by atoms with Gasteiger partial charge in [0.1, 0.15) is 5.56 Å². The molecule has 4 rings (SSSR count). The summed E-state index contributed by atoms with van der Waals surface area (Å²) >= 11 is 0. The smallest absolute Gasteiger partial charge is 0.341 e. The lowest BCUT2D eigenvalue weighted by Crippen LogP contribution is -2.20. The molecular weight excluding hydrogens is 374 g/mol. The molecule has 29 heavy (non-hydrogen) atoms. The van der Waals surface area contributed by atoms with Crippen LogP contribution in [0.3, 0.4) is 0 Å². The van der Waals surface area contributed by atoms with Crippen LogP contribution in [0.1, 0.15) is 48.1 Å². The van der Waals surface area contributed by atoms with E-state index in [-0.39, 0.29) is 22.9 Å². The van der Waals surface area contributed by atoms with E-state index in [2.05, 4.69) is 13.8 Å². The summed E-state index contributed by atoms with van der Waals surface area (Å²) in [4.78, 5) is 23.9. The first-order valence-corrected chi connectivity index (χ1v) is 9.64. The van der Waals surface area contributed by atoms with Crippen LogP contribution >= 0.6 is 0 Å². The fourth-order valence-corrected chi connectivity index (χ4v) is 4.57. The largest absolute Gasteiger partial charge is 0.493 e. The highest BCUT2D eigenvalue weighted by Crippen LogP contribution is 2.71. The zero-order valence-corrected chi connectivity index (χ0v) is 17.0. The normalized spacial score (nSPS) is 20.3. The van der Waals surface area contributed by atoms with Crippen molar-refractivity contribution < 1.29 is 24.1 Å². The number of nitrogens with zero attached hydrogens (tertiary/aromatic N) is 1. The van der Waals surface area contributed by atoms with Crippen molar-refractivity contribution in [3.8, 4) is 22.8 Å². The minimum absolute atomic E-state index is 0.0627. The Kier molecular flexibility index (Phi) is 4.65. The van der Waals surface area contributed by atoms with E-state index in [0.29, 0.717) is 30.4 Å². The second kappa shape index (κ2) is 6.91. The molecule has 1 N–H and O–H groups in total. The number of hydrogen-bond donors (Lipinski definition) is 1. The van der Waals surface area contributed by atoms with Gasteiger partial charge < -0.3 is 23.9 Å². The molecular formula is C22H25NO6.